The van der Waals surface area contributed by atoms with Crippen molar-refractivity contribution in [2.45, 2.75) is 31.2 Å². The first-order valence-corrected chi connectivity index (χ1v) is 8.36. The third-order valence-corrected chi connectivity index (χ3v) is 4.34. The zero-order chi connectivity index (χ0) is 18.9. The van der Waals surface area contributed by atoms with Crippen LogP contribution < -0.4 is 0 Å². The van der Waals surface area contributed by atoms with Crippen molar-refractivity contribution >= 4 is 11.8 Å². The number of hydrogen-bond donors (Lipinski definition) is 0. The van der Waals surface area contributed by atoms with Crippen LogP contribution in [0.25, 0.3) is 0 Å². The maximum absolute atomic E-state index is 12.6. The second kappa shape index (κ2) is 9.46. The number of Topliss-reactive ketones (excluding diaryl/α,β-unsaturated/α-hetero) is 1. The van der Waals surface area contributed by atoms with Gasteiger partial charge in [0.05, 0.1) is 19.4 Å². The molecule has 2 rings (SSSR count). The minimum absolute atomic E-state index is 0.000839. The summed E-state index contributed by atoms with van der Waals surface area (Å²) in [4.78, 5) is 35.3. The lowest BCUT2D eigenvalue weighted by Gasteiger charge is -2.21. The fourth-order valence-corrected chi connectivity index (χ4v) is 2.94. The first-order valence-electron chi connectivity index (χ1n) is 8.36. The first-order chi connectivity index (χ1) is 12.5. The molecule has 0 N–H and O–H groups in total. The molecule has 0 aromatic heterocycles. The Morgan fingerprint density at radius 2 is 1.62 bits per heavy atom. The number of methoxy groups -OCH3 is 1. The maximum Gasteiger partial charge on any atom is 0.305 e. The van der Waals surface area contributed by atoms with Crippen molar-refractivity contribution in [2.24, 2.45) is 0 Å². The highest BCUT2D eigenvalue weighted by atomic mass is 16.6. The Hall–Kier alpha value is -3.02. The topological polar surface area (TPSA) is 86.5 Å². The molecule has 2 aromatic carbocycles. The van der Waals surface area contributed by atoms with E-state index in [9.17, 15) is 19.7 Å². The number of esters is 1. The number of benzene rings is 2. The standard InChI is InChI=1S/C20H21NO5/c1-26-20(23)13-12-18(21(24)25)17(15-8-4-2-5-9-15)14-19(22)16-10-6-3-7-11-16/h2-11,17-18H,12-14H2,1H3/t17-,18-/m1/s1. The summed E-state index contributed by atoms with van der Waals surface area (Å²) in [6, 6.07) is 16.6. The van der Waals surface area contributed by atoms with Crippen LogP contribution >= 0.6 is 0 Å². The molecule has 2 atom stereocenters. The number of carbonyl (C=O) groups is 2. The predicted octanol–water partition coefficient (Wildman–Crippen LogP) is 3.64. The Morgan fingerprint density at radius 1 is 1.04 bits per heavy atom. The highest BCUT2D eigenvalue weighted by molar-refractivity contribution is 5.96. The van der Waals surface area contributed by atoms with E-state index in [1.807, 2.05) is 12.1 Å². The molecule has 26 heavy (non-hydrogen) atoms. The maximum atomic E-state index is 12.6. The second-order valence-electron chi connectivity index (χ2n) is 5.98. The first kappa shape index (κ1) is 19.3. The van der Waals surface area contributed by atoms with Gasteiger partial charge in [0.1, 0.15) is 0 Å². The highest BCUT2D eigenvalue weighted by Crippen LogP contribution is 2.29. The van der Waals surface area contributed by atoms with Crippen molar-refractivity contribution in [3.63, 3.8) is 0 Å². The average molecular weight is 355 g/mol. The van der Waals surface area contributed by atoms with Crippen LogP contribution in [0.1, 0.15) is 41.1 Å². The molecule has 0 aliphatic heterocycles. The van der Waals surface area contributed by atoms with Gasteiger partial charge < -0.3 is 4.74 Å². The van der Waals surface area contributed by atoms with Crippen LogP contribution in [0.4, 0.5) is 0 Å². The van der Waals surface area contributed by atoms with E-state index in [1.54, 1.807) is 48.5 Å². The number of carbonyl (C=O) groups excluding carboxylic acids is 2. The summed E-state index contributed by atoms with van der Waals surface area (Å²) in [6.45, 7) is 0. The van der Waals surface area contributed by atoms with E-state index in [2.05, 4.69) is 4.74 Å². The van der Waals surface area contributed by atoms with Crippen molar-refractivity contribution < 1.29 is 19.2 Å². The van der Waals surface area contributed by atoms with E-state index >= 15 is 0 Å². The van der Waals surface area contributed by atoms with Gasteiger partial charge >= 0.3 is 5.97 Å². The molecule has 0 heterocycles. The van der Waals surface area contributed by atoms with Gasteiger partial charge in [0.2, 0.25) is 6.04 Å². The van der Waals surface area contributed by atoms with E-state index in [4.69, 9.17) is 0 Å². The smallest absolute Gasteiger partial charge is 0.305 e. The molecule has 6 nitrogen and oxygen atoms in total. The molecular formula is C20H21NO5. The lowest BCUT2D eigenvalue weighted by molar-refractivity contribution is -0.527. The van der Waals surface area contributed by atoms with Gasteiger partial charge in [0.25, 0.3) is 0 Å². The van der Waals surface area contributed by atoms with Gasteiger partial charge in [0, 0.05) is 23.3 Å². The lowest BCUT2D eigenvalue weighted by atomic mass is 9.84. The highest BCUT2D eigenvalue weighted by Gasteiger charge is 2.35. The molecule has 0 aliphatic rings. The molecule has 6 heteroatoms. The summed E-state index contributed by atoms with van der Waals surface area (Å²) in [5.41, 5.74) is 1.23. The number of nitrogens with zero attached hydrogens (tertiary/aromatic N) is 1. The molecule has 0 fully saturated rings. The molecule has 0 amide bonds. The second-order valence-corrected chi connectivity index (χ2v) is 5.98. The van der Waals surface area contributed by atoms with E-state index in [-0.39, 0.29) is 25.0 Å². The van der Waals surface area contributed by atoms with Gasteiger partial charge in [0.15, 0.2) is 5.78 Å². The fourth-order valence-electron chi connectivity index (χ4n) is 2.94. The Balaban J connectivity index is 2.28. The molecule has 0 saturated carbocycles. The van der Waals surface area contributed by atoms with E-state index in [0.29, 0.717) is 11.1 Å². The van der Waals surface area contributed by atoms with E-state index < -0.39 is 22.9 Å². The summed E-state index contributed by atoms with van der Waals surface area (Å²) in [6.07, 6.45) is -0.0485. The van der Waals surface area contributed by atoms with Crippen molar-refractivity contribution in [3.8, 4) is 0 Å². The summed E-state index contributed by atoms with van der Waals surface area (Å²) >= 11 is 0. The number of hydrogen-bond acceptors (Lipinski definition) is 5. The summed E-state index contributed by atoms with van der Waals surface area (Å²) < 4.78 is 4.59. The Bertz CT molecular complexity index is 745. The molecule has 136 valence electrons. The summed E-state index contributed by atoms with van der Waals surface area (Å²) in [5, 5.41) is 11.7. The summed E-state index contributed by atoms with van der Waals surface area (Å²) in [5.74, 6) is -1.29. The van der Waals surface area contributed by atoms with Crippen molar-refractivity contribution in [1.29, 1.82) is 0 Å². The molecular weight excluding hydrogens is 334 g/mol. The minimum atomic E-state index is -1.05. The van der Waals surface area contributed by atoms with Gasteiger partial charge in [-0.2, -0.15) is 0 Å². The van der Waals surface area contributed by atoms with Gasteiger partial charge in [-0.25, -0.2) is 0 Å². The van der Waals surface area contributed by atoms with Gasteiger partial charge in [-0.1, -0.05) is 60.7 Å². The number of ether oxygens (including phenoxy) is 1. The van der Waals surface area contributed by atoms with Crippen LogP contribution in [0, 0.1) is 10.1 Å². The number of ketones is 1. The van der Waals surface area contributed by atoms with Gasteiger partial charge in [-0.3, -0.25) is 19.7 Å². The largest absolute Gasteiger partial charge is 0.469 e. The van der Waals surface area contributed by atoms with Gasteiger partial charge in [-0.15, -0.1) is 0 Å². The SMILES string of the molecule is COC(=O)CC[C@H]([C@H](CC(=O)c1ccccc1)c1ccccc1)[N+](=O)[O-]. The van der Waals surface area contributed by atoms with Crippen LogP contribution in [-0.4, -0.2) is 29.8 Å². The number of rotatable bonds is 9. The van der Waals surface area contributed by atoms with Crippen LogP contribution in [-0.2, 0) is 9.53 Å². The Morgan fingerprint density at radius 3 is 2.15 bits per heavy atom. The van der Waals surface area contributed by atoms with Crippen LogP contribution in [0.15, 0.2) is 60.7 Å². The molecule has 0 bridgehead atoms. The number of nitro groups is 1. The normalized spacial score (nSPS) is 12.8. The fraction of sp³-hybridized carbons (Fsp3) is 0.300. The zero-order valence-electron chi connectivity index (χ0n) is 14.5. The molecule has 2 aromatic rings. The molecule has 0 unspecified atom stereocenters. The zero-order valence-corrected chi connectivity index (χ0v) is 14.5. The Labute approximate surface area is 151 Å². The molecule has 0 saturated heterocycles. The van der Waals surface area contributed by atoms with Crippen LogP contribution in [0.5, 0.6) is 0 Å². The third-order valence-electron chi connectivity index (χ3n) is 4.34. The molecule has 0 radical (unpaired) electrons. The van der Waals surface area contributed by atoms with E-state index in [0.717, 1.165) is 0 Å². The predicted molar refractivity (Wildman–Crippen MR) is 96.6 cm³/mol. The lowest BCUT2D eigenvalue weighted by Crippen LogP contribution is -2.30. The molecule has 0 spiro atoms. The minimum Gasteiger partial charge on any atom is -0.469 e. The van der Waals surface area contributed by atoms with Crippen molar-refractivity contribution in [3.05, 3.63) is 81.9 Å². The quantitative estimate of drug-likeness (QED) is 0.297. The van der Waals surface area contributed by atoms with Crippen LogP contribution in [0.3, 0.4) is 0 Å². The van der Waals surface area contributed by atoms with Crippen LogP contribution in [0.2, 0.25) is 0 Å². The monoisotopic (exact) mass is 355 g/mol. The molecule has 0 aliphatic carbocycles. The third kappa shape index (κ3) is 5.24. The Kier molecular flexibility index (Phi) is 7.02. The van der Waals surface area contributed by atoms with Gasteiger partial charge in [-0.05, 0) is 5.56 Å². The van der Waals surface area contributed by atoms with E-state index in [1.165, 1.54) is 7.11 Å². The van der Waals surface area contributed by atoms with Crippen molar-refractivity contribution in [1.82, 2.24) is 0 Å². The average Bonchev–Trinajstić information content (AvgIpc) is 2.68. The van der Waals surface area contributed by atoms with Crippen molar-refractivity contribution in [2.75, 3.05) is 7.11 Å². The summed E-state index contributed by atoms with van der Waals surface area (Å²) in [7, 11) is 1.25.